The standard InChI is InChI=1S/C13H12ClN3OS/c1-8-7-11(14)16-13(15-8)17-12(18)9-5-3-4-6-10(9)19-2/h3-7H,1-2H3,(H,15,16,17,18). The number of aryl methyl sites for hydroxylation is 1. The van der Waals surface area contributed by atoms with Crippen molar-refractivity contribution in [3.63, 3.8) is 0 Å². The van der Waals surface area contributed by atoms with E-state index in [9.17, 15) is 4.79 Å². The van der Waals surface area contributed by atoms with Gasteiger partial charge in [-0.05, 0) is 31.4 Å². The van der Waals surface area contributed by atoms with E-state index in [1.54, 1.807) is 19.1 Å². The Labute approximate surface area is 120 Å². The first-order chi connectivity index (χ1) is 9.10. The molecule has 1 amide bonds. The largest absolute Gasteiger partial charge is 0.290 e. The summed E-state index contributed by atoms with van der Waals surface area (Å²) >= 11 is 7.34. The molecule has 4 nitrogen and oxygen atoms in total. The molecule has 0 aliphatic rings. The molecule has 0 aliphatic heterocycles. The van der Waals surface area contributed by atoms with Gasteiger partial charge in [-0.1, -0.05) is 23.7 Å². The van der Waals surface area contributed by atoms with Crippen molar-refractivity contribution in [2.75, 3.05) is 11.6 Å². The van der Waals surface area contributed by atoms with Crippen LogP contribution in [0, 0.1) is 6.92 Å². The summed E-state index contributed by atoms with van der Waals surface area (Å²) in [5.74, 6) is -0.0301. The Kier molecular flexibility index (Phi) is 4.39. The van der Waals surface area contributed by atoms with Crippen molar-refractivity contribution in [3.8, 4) is 0 Å². The van der Waals surface area contributed by atoms with Gasteiger partial charge in [-0.3, -0.25) is 10.1 Å². The molecule has 0 radical (unpaired) electrons. The Bertz CT molecular complexity index is 598. The molecule has 1 aromatic carbocycles. The minimum absolute atomic E-state index is 0.214. The number of amides is 1. The van der Waals surface area contributed by atoms with E-state index in [1.807, 2.05) is 24.5 Å². The number of hydrogen-bond donors (Lipinski definition) is 1. The van der Waals surface area contributed by atoms with E-state index >= 15 is 0 Å². The molecule has 0 saturated carbocycles. The lowest BCUT2D eigenvalue weighted by molar-refractivity contribution is 0.102. The van der Waals surface area contributed by atoms with Gasteiger partial charge in [0.2, 0.25) is 5.95 Å². The highest BCUT2D eigenvalue weighted by Gasteiger charge is 2.12. The van der Waals surface area contributed by atoms with Gasteiger partial charge in [-0.15, -0.1) is 11.8 Å². The molecule has 0 bridgehead atoms. The molecule has 6 heteroatoms. The Balaban J connectivity index is 2.25. The van der Waals surface area contributed by atoms with Gasteiger partial charge < -0.3 is 0 Å². The second-order valence-corrected chi connectivity index (χ2v) is 5.05. The van der Waals surface area contributed by atoms with E-state index in [2.05, 4.69) is 15.3 Å². The maximum absolute atomic E-state index is 12.2. The van der Waals surface area contributed by atoms with Crippen LogP contribution in [0.1, 0.15) is 16.1 Å². The fourth-order valence-corrected chi connectivity index (χ4v) is 2.42. The third kappa shape index (κ3) is 3.45. The Morgan fingerprint density at radius 2 is 2.05 bits per heavy atom. The predicted octanol–water partition coefficient (Wildman–Crippen LogP) is 3.41. The second kappa shape index (κ2) is 6.04. The number of halogens is 1. The molecule has 19 heavy (non-hydrogen) atoms. The Hall–Kier alpha value is -1.59. The molecule has 0 unspecified atom stereocenters. The number of hydrogen-bond acceptors (Lipinski definition) is 4. The molecule has 1 N–H and O–H groups in total. The quantitative estimate of drug-likeness (QED) is 0.696. The van der Waals surface area contributed by atoms with E-state index in [1.165, 1.54) is 11.8 Å². The molecule has 1 heterocycles. The van der Waals surface area contributed by atoms with Gasteiger partial charge >= 0.3 is 0 Å². The highest BCUT2D eigenvalue weighted by Crippen LogP contribution is 2.20. The van der Waals surface area contributed by atoms with Crippen molar-refractivity contribution in [1.82, 2.24) is 9.97 Å². The minimum Gasteiger partial charge on any atom is -0.290 e. The lowest BCUT2D eigenvalue weighted by Crippen LogP contribution is -2.15. The van der Waals surface area contributed by atoms with Crippen molar-refractivity contribution in [2.45, 2.75) is 11.8 Å². The van der Waals surface area contributed by atoms with Gasteiger partial charge in [0.1, 0.15) is 5.15 Å². The van der Waals surface area contributed by atoms with Gasteiger partial charge in [0.15, 0.2) is 0 Å². The topological polar surface area (TPSA) is 54.9 Å². The van der Waals surface area contributed by atoms with Crippen molar-refractivity contribution >= 4 is 35.2 Å². The summed E-state index contributed by atoms with van der Waals surface area (Å²) in [6.45, 7) is 1.79. The molecule has 0 saturated heterocycles. The van der Waals surface area contributed by atoms with Crippen LogP contribution in [-0.4, -0.2) is 22.1 Å². The molecule has 0 fully saturated rings. The summed E-state index contributed by atoms with van der Waals surface area (Å²) < 4.78 is 0. The smallest absolute Gasteiger partial charge is 0.259 e. The molecule has 0 spiro atoms. The van der Waals surface area contributed by atoms with Crippen molar-refractivity contribution < 1.29 is 4.79 Å². The van der Waals surface area contributed by atoms with Crippen LogP contribution in [0.3, 0.4) is 0 Å². The normalized spacial score (nSPS) is 10.3. The number of benzene rings is 1. The number of carbonyl (C=O) groups excluding carboxylic acids is 1. The number of carbonyl (C=O) groups is 1. The summed E-state index contributed by atoms with van der Waals surface area (Å²) in [5.41, 5.74) is 1.30. The zero-order valence-corrected chi connectivity index (χ0v) is 12.0. The average molecular weight is 294 g/mol. The van der Waals surface area contributed by atoms with Crippen LogP contribution >= 0.6 is 23.4 Å². The van der Waals surface area contributed by atoms with Gasteiger partial charge in [0.05, 0.1) is 5.56 Å². The first-order valence-electron chi connectivity index (χ1n) is 5.55. The van der Waals surface area contributed by atoms with Crippen LogP contribution in [0.5, 0.6) is 0 Å². The van der Waals surface area contributed by atoms with Gasteiger partial charge in [-0.2, -0.15) is 0 Å². The van der Waals surface area contributed by atoms with Crippen LogP contribution in [0.4, 0.5) is 5.95 Å². The highest BCUT2D eigenvalue weighted by atomic mass is 35.5. The maximum Gasteiger partial charge on any atom is 0.259 e. The number of nitrogens with zero attached hydrogens (tertiary/aromatic N) is 2. The third-order valence-electron chi connectivity index (χ3n) is 2.40. The zero-order valence-electron chi connectivity index (χ0n) is 10.5. The first-order valence-corrected chi connectivity index (χ1v) is 7.16. The van der Waals surface area contributed by atoms with Crippen LogP contribution in [0.2, 0.25) is 5.15 Å². The molecule has 98 valence electrons. The molecule has 0 atom stereocenters. The third-order valence-corrected chi connectivity index (χ3v) is 3.39. The number of aromatic nitrogens is 2. The van der Waals surface area contributed by atoms with E-state index in [0.29, 0.717) is 16.4 Å². The van der Waals surface area contributed by atoms with Gasteiger partial charge in [0.25, 0.3) is 5.91 Å². The molecule has 1 aromatic heterocycles. The second-order valence-electron chi connectivity index (χ2n) is 3.81. The van der Waals surface area contributed by atoms with E-state index in [4.69, 9.17) is 11.6 Å². The lowest BCUT2D eigenvalue weighted by atomic mass is 10.2. The highest BCUT2D eigenvalue weighted by molar-refractivity contribution is 7.98. The molecule has 0 aliphatic carbocycles. The molecular formula is C13H12ClN3OS. The minimum atomic E-state index is -0.244. The monoisotopic (exact) mass is 293 g/mol. The van der Waals surface area contributed by atoms with Gasteiger partial charge in [-0.25, -0.2) is 9.97 Å². The van der Waals surface area contributed by atoms with Gasteiger partial charge in [0, 0.05) is 10.6 Å². The zero-order chi connectivity index (χ0) is 13.8. The fourth-order valence-electron chi connectivity index (χ4n) is 1.59. The number of rotatable bonds is 3. The average Bonchev–Trinajstić information content (AvgIpc) is 2.37. The summed E-state index contributed by atoms with van der Waals surface area (Å²) in [6.07, 6.45) is 1.92. The summed E-state index contributed by atoms with van der Waals surface area (Å²) in [6, 6.07) is 9.00. The van der Waals surface area contributed by atoms with Crippen LogP contribution in [-0.2, 0) is 0 Å². The van der Waals surface area contributed by atoms with E-state index < -0.39 is 0 Å². The Morgan fingerprint density at radius 1 is 1.32 bits per heavy atom. The van der Waals surface area contributed by atoms with Crippen LogP contribution in [0.15, 0.2) is 35.2 Å². The van der Waals surface area contributed by atoms with Crippen molar-refractivity contribution in [1.29, 1.82) is 0 Å². The predicted molar refractivity (Wildman–Crippen MR) is 78.0 cm³/mol. The van der Waals surface area contributed by atoms with Crippen LogP contribution < -0.4 is 5.32 Å². The van der Waals surface area contributed by atoms with E-state index in [-0.39, 0.29) is 11.9 Å². The van der Waals surface area contributed by atoms with Crippen molar-refractivity contribution in [3.05, 3.63) is 46.7 Å². The van der Waals surface area contributed by atoms with Crippen LogP contribution in [0.25, 0.3) is 0 Å². The fraction of sp³-hybridized carbons (Fsp3) is 0.154. The SMILES string of the molecule is CSc1ccccc1C(=O)Nc1nc(C)cc(Cl)n1. The number of anilines is 1. The van der Waals surface area contributed by atoms with Crippen molar-refractivity contribution in [2.24, 2.45) is 0 Å². The Morgan fingerprint density at radius 3 is 2.74 bits per heavy atom. The number of nitrogens with one attached hydrogen (secondary N) is 1. The van der Waals surface area contributed by atoms with E-state index in [0.717, 1.165) is 4.90 Å². The summed E-state index contributed by atoms with van der Waals surface area (Å²) in [5, 5.41) is 2.96. The lowest BCUT2D eigenvalue weighted by Gasteiger charge is -2.07. The summed E-state index contributed by atoms with van der Waals surface area (Å²) in [4.78, 5) is 21.2. The molecular weight excluding hydrogens is 282 g/mol. The first kappa shape index (κ1) is 13.8. The molecule has 2 aromatic rings. The number of thioether (sulfide) groups is 1. The maximum atomic E-state index is 12.2. The summed E-state index contributed by atoms with van der Waals surface area (Å²) in [7, 11) is 0. The molecule has 2 rings (SSSR count).